The van der Waals surface area contributed by atoms with Crippen molar-refractivity contribution in [2.75, 3.05) is 17.6 Å². The largest absolute Gasteiger partial charge is 0.351 e. The van der Waals surface area contributed by atoms with Gasteiger partial charge in [-0.3, -0.25) is 14.1 Å². The van der Waals surface area contributed by atoms with Crippen LogP contribution in [-0.2, 0) is 26.7 Å². The van der Waals surface area contributed by atoms with Crippen LogP contribution in [-0.4, -0.2) is 37.1 Å². The van der Waals surface area contributed by atoms with Gasteiger partial charge in [0.2, 0.25) is 5.91 Å². The van der Waals surface area contributed by atoms with E-state index in [0.717, 1.165) is 33.4 Å². The van der Waals surface area contributed by atoms with Gasteiger partial charge in [-0.1, -0.05) is 92.5 Å². The summed E-state index contributed by atoms with van der Waals surface area (Å²) in [5.41, 5.74) is 6.44. The van der Waals surface area contributed by atoms with Crippen LogP contribution in [0.5, 0.6) is 0 Å². The molecule has 0 saturated heterocycles. The molecule has 10 heteroatoms. The molecule has 0 radical (unpaired) electrons. The van der Waals surface area contributed by atoms with E-state index in [1.165, 1.54) is 0 Å². The molecule has 7 nitrogen and oxygen atoms in total. The number of rotatable bonds is 10. The molecule has 45 heavy (non-hydrogen) atoms. The van der Waals surface area contributed by atoms with Crippen molar-refractivity contribution in [3.05, 3.63) is 123 Å². The monoisotopic (exact) mass is 666 g/mol. The molecule has 4 aromatic carbocycles. The van der Waals surface area contributed by atoms with Gasteiger partial charge in [-0.2, -0.15) is 8.42 Å². The molecule has 0 heterocycles. The molecule has 4 aromatic rings. The van der Waals surface area contributed by atoms with Gasteiger partial charge in [0.15, 0.2) is 0 Å². The van der Waals surface area contributed by atoms with Crippen molar-refractivity contribution in [1.82, 2.24) is 5.32 Å². The van der Waals surface area contributed by atoms with Gasteiger partial charge in [0, 0.05) is 28.4 Å². The first-order valence-electron chi connectivity index (χ1n) is 14.4. The lowest BCUT2D eigenvalue weighted by Crippen LogP contribution is -2.28. The number of nitrogens with one attached hydrogen (secondary N) is 2. The predicted molar refractivity (Wildman–Crippen MR) is 182 cm³/mol. The van der Waals surface area contributed by atoms with Crippen LogP contribution >= 0.6 is 23.2 Å². The van der Waals surface area contributed by atoms with E-state index in [1.807, 2.05) is 61.5 Å². The average molecular weight is 668 g/mol. The number of amides is 2. The van der Waals surface area contributed by atoms with Crippen LogP contribution in [0, 0.1) is 6.92 Å². The van der Waals surface area contributed by atoms with Crippen LogP contribution in [0.3, 0.4) is 0 Å². The molecule has 236 valence electrons. The number of hydrogen-bond donors (Lipinski definition) is 3. The highest BCUT2D eigenvalue weighted by Crippen LogP contribution is 2.34. The molecule has 0 aliphatic rings. The summed E-state index contributed by atoms with van der Waals surface area (Å²) in [7, 11) is -4.18. The maximum atomic E-state index is 13.8. The van der Waals surface area contributed by atoms with Gasteiger partial charge in [-0.25, -0.2) is 0 Å². The second-order valence-corrected chi connectivity index (χ2v) is 14.4. The molecule has 0 fully saturated rings. The minimum Gasteiger partial charge on any atom is -0.351 e. The van der Waals surface area contributed by atoms with Gasteiger partial charge in [0.1, 0.15) is 0 Å². The third kappa shape index (κ3) is 9.41. The van der Waals surface area contributed by atoms with E-state index in [1.54, 1.807) is 30.3 Å². The van der Waals surface area contributed by atoms with Crippen molar-refractivity contribution in [1.29, 1.82) is 0 Å². The van der Waals surface area contributed by atoms with E-state index >= 15 is 0 Å². The highest BCUT2D eigenvalue weighted by molar-refractivity contribution is 7.85. The zero-order chi connectivity index (χ0) is 32.9. The van der Waals surface area contributed by atoms with Gasteiger partial charge in [-0.15, -0.1) is 0 Å². The highest BCUT2D eigenvalue weighted by Gasteiger charge is 2.23. The third-order valence-electron chi connectivity index (χ3n) is 7.51. The summed E-state index contributed by atoms with van der Waals surface area (Å²) < 4.78 is 30.7. The fourth-order valence-corrected chi connectivity index (χ4v) is 5.84. The molecule has 1 unspecified atom stereocenters. The fourth-order valence-electron chi connectivity index (χ4n) is 4.97. The second kappa shape index (κ2) is 14.2. The normalized spacial score (nSPS) is 12.4. The van der Waals surface area contributed by atoms with Gasteiger partial charge in [0.05, 0.1) is 16.7 Å². The molecule has 0 spiro atoms. The van der Waals surface area contributed by atoms with E-state index in [0.29, 0.717) is 27.7 Å². The zero-order valence-corrected chi connectivity index (χ0v) is 27.9. The Kier molecular flexibility index (Phi) is 10.8. The summed E-state index contributed by atoms with van der Waals surface area (Å²) in [4.78, 5) is 26.2. The Hall–Kier alpha value is -3.69. The van der Waals surface area contributed by atoms with Crippen molar-refractivity contribution in [3.63, 3.8) is 0 Å². The number of carbonyl (C=O) groups is 2. The third-order valence-corrected chi connectivity index (χ3v) is 8.78. The molecular weight excluding hydrogens is 631 g/mol. The molecule has 0 saturated carbocycles. The first kappa shape index (κ1) is 34.2. The number of benzene rings is 4. The Balaban J connectivity index is 1.56. The van der Waals surface area contributed by atoms with Gasteiger partial charge in [0.25, 0.3) is 16.0 Å². The molecule has 0 aliphatic heterocycles. The summed E-state index contributed by atoms with van der Waals surface area (Å²) in [6, 6.07) is 25.8. The lowest BCUT2D eigenvalue weighted by molar-refractivity contribution is -0.117. The van der Waals surface area contributed by atoms with Crippen molar-refractivity contribution < 1.29 is 22.6 Å². The minimum atomic E-state index is -4.18. The van der Waals surface area contributed by atoms with Crippen LogP contribution in [0.2, 0.25) is 10.0 Å². The van der Waals surface area contributed by atoms with Gasteiger partial charge >= 0.3 is 0 Å². The van der Waals surface area contributed by atoms with Crippen LogP contribution < -0.4 is 10.6 Å². The Labute approximate surface area is 274 Å². The van der Waals surface area contributed by atoms with Gasteiger partial charge < -0.3 is 10.6 Å². The lowest BCUT2D eigenvalue weighted by atomic mass is 9.84. The SMILES string of the molecule is Cc1cc(Cl)ccc1-c1ccc(NC(=O)C(Cc2ccc(C(=O)NCCS(=O)(=O)O)cc2)c2ccc(C(C)(C)C)cc2)cc1Cl. The van der Waals surface area contributed by atoms with Crippen molar-refractivity contribution in [3.8, 4) is 11.1 Å². The first-order chi connectivity index (χ1) is 21.1. The Morgan fingerprint density at radius 3 is 2.09 bits per heavy atom. The molecule has 0 bridgehead atoms. The van der Waals surface area contributed by atoms with E-state index < -0.39 is 27.7 Å². The quantitative estimate of drug-likeness (QED) is 0.149. The smallest absolute Gasteiger partial charge is 0.266 e. The molecule has 3 N–H and O–H groups in total. The summed E-state index contributed by atoms with van der Waals surface area (Å²) >= 11 is 12.8. The van der Waals surface area contributed by atoms with Gasteiger partial charge in [-0.05, 0) is 83.0 Å². The number of halogens is 2. The standard InChI is InChI=1S/C35H36Cl2N2O5S/c1-22-19-27(36)13-15-29(22)30-16-14-28(21-32(30)37)39-34(41)31(24-9-11-26(12-10-24)35(2,3)4)20-23-5-7-25(8-6-23)33(40)38-17-18-45(42,43)44/h5-16,19,21,31H,17-18,20H2,1-4H3,(H,38,40)(H,39,41)(H,42,43,44). The van der Waals surface area contributed by atoms with Crippen molar-refractivity contribution >= 4 is 50.8 Å². The fraction of sp³-hybridized carbons (Fsp3) is 0.257. The minimum absolute atomic E-state index is 0.0466. The Morgan fingerprint density at radius 1 is 0.867 bits per heavy atom. The van der Waals surface area contributed by atoms with E-state index in [4.69, 9.17) is 27.8 Å². The van der Waals surface area contributed by atoms with Crippen molar-refractivity contribution in [2.24, 2.45) is 0 Å². The van der Waals surface area contributed by atoms with Crippen LogP contribution in [0.25, 0.3) is 11.1 Å². The van der Waals surface area contributed by atoms with E-state index in [9.17, 15) is 18.0 Å². The molecule has 0 aromatic heterocycles. The Bertz CT molecular complexity index is 1800. The molecular formula is C35H36Cl2N2O5S. The maximum absolute atomic E-state index is 13.8. The molecule has 1 atom stereocenters. The Morgan fingerprint density at radius 2 is 1.51 bits per heavy atom. The van der Waals surface area contributed by atoms with Crippen LogP contribution in [0.1, 0.15) is 59.3 Å². The highest BCUT2D eigenvalue weighted by atomic mass is 35.5. The van der Waals surface area contributed by atoms with E-state index in [-0.39, 0.29) is 17.9 Å². The topological polar surface area (TPSA) is 113 Å². The molecule has 4 rings (SSSR count). The molecule has 0 aliphatic carbocycles. The van der Waals surface area contributed by atoms with Crippen LogP contribution in [0.4, 0.5) is 5.69 Å². The number of aryl methyl sites for hydroxylation is 1. The van der Waals surface area contributed by atoms with E-state index in [2.05, 4.69) is 31.4 Å². The zero-order valence-electron chi connectivity index (χ0n) is 25.5. The number of carbonyl (C=O) groups excluding carboxylic acids is 2. The summed E-state index contributed by atoms with van der Waals surface area (Å²) in [6.07, 6.45) is 0.362. The average Bonchev–Trinajstić information content (AvgIpc) is 2.96. The predicted octanol–water partition coefficient (Wildman–Crippen LogP) is 7.85. The van der Waals surface area contributed by atoms with Crippen LogP contribution in [0.15, 0.2) is 84.9 Å². The maximum Gasteiger partial charge on any atom is 0.266 e. The number of hydrogen-bond acceptors (Lipinski definition) is 4. The first-order valence-corrected chi connectivity index (χ1v) is 16.8. The van der Waals surface area contributed by atoms with Crippen molar-refractivity contribution in [2.45, 2.75) is 45.4 Å². The number of anilines is 1. The second-order valence-electron chi connectivity index (χ2n) is 12.0. The summed E-state index contributed by atoms with van der Waals surface area (Å²) in [6.45, 7) is 8.14. The summed E-state index contributed by atoms with van der Waals surface area (Å²) in [5.74, 6) is -1.80. The lowest BCUT2D eigenvalue weighted by Gasteiger charge is -2.22. The summed E-state index contributed by atoms with van der Waals surface area (Å²) in [5, 5.41) is 6.65. The molecule has 2 amide bonds.